The first-order valence-corrected chi connectivity index (χ1v) is 10.8. The van der Waals surface area contributed by atoms with Crippen LogP contribution in [-0.2, 0) is 0 Å². The zero-order valence-electron chi connectivity index (χ0n) is 16.1. The van der Waals surface area contributed by atoms with Gasteiger partial charge >= 0.3 is 0 Å². The zero-order chi connectivity index (χ0) is 20.7. The predicted octanol–water partition coefficient (Wildman–Crippen LogP) is 6.41. The number of aromatic nitrogens is 1. The van der Waals surface area contributed by atoms with Crippen LogP contribution in [0.1, 0.15) is 25.6 Å². The topological polar surface area (TPSA) is 48.3 Å². The number of ether oxygens (including phenoxy) is 1. The largest absolute Gasteiger partial charge is 0.453 e. The minimum Gasteiger partial charge on any atom is -0.453 e. The number of benzene rings is 3. The lowest BCUT2D eigenvalue weighted by Gasteiger charge is -2.21. The van der Waals surface area contributed by atoms with Gasteiger partial charge in [-0.3, -0.25) is 9.59 Å². The third-order valence-corrected chi connectivity index (χ3v) is 6.91. The van der Waals surface area contributed by atoms with Crippen molar-refractivity contribution in [1.82, 2.24) is 4.57 Å². The van der Waals surface area contributed by atoms with E-state index in [9.17, 15) is 9.59 Å². The fourth-order valence-electron chi connectivity index (χ4n) is 4.67. The summed E-state index contributed by atoms with van der Waals surface area (Å²) in [5, 5.41) is 3.91. The Morgan fingerprint density at radius 1 is 0.839 bits per heavy atom. The lowest BCUT2D eigenvalue weighted by atomic mass is 10.0. The highest BCUT2D eigenvalue weighted by Crippen LogP contribution is 2.46. The highest BCUT2D eigenvalue weighted by Gasteiger charge is 2.34. The second kappa shape index (κ2) is 5.80. The summed E-state index contributed by atoms with van der Waals surface area (Å²) in [7, 11) is 0. The lowest BCUT2D eigenvalue weighted by molar-refractivity contribution is 0.0991. The zero-order valence-corrected chi connectivity index (χ0v) is 16.9. The van der Waals surface area contributed by atoms with Gasteiger partial charge in [0.25, 0.3) is 0 Å². The smallest absolute Gasteiger partial charge is 0.207 e. The van der Waals surface area contributed by atoms with Crippen LogP contribution in [0.25, 0.3) is 33.6 Å². The Morgan fingerprint density at radius 2 is 1.68 bits per heavy atom. The molecule has 0 radical (unpaired) electrons. The molecule has 3 aromatic carbocycles. The first kappa shape index (κ1) is 16.8. The number of hydrogen-bond donors (Lipinski definition) is 0. The van der Waals surface area contributed by atoms with Crippen LogP contribution in [0.3, 0.4) is 0 Å². The fourth-order valence-corrected chi connectivity index (χ4v) is 5.52. The molecule has 31 heavy (non-hydrogen) atoms. The molecule has 0 fully saturated rings. The molecule has 0 bridgehead atoms. The standard InChI is InChI=1S/C26H13NO3S/c28-24-16-9-10-31-26(16)25(29)18(24)12-14-11-17-15-5-1-2-6-19(15)27-20-7-3-4-8-21(20)30-22(13-14)23(17)27/h1-13H/b18-12+. The maximum atomic E-state index is 12.8. The van der Waals surface area contributed by atoms with Crippen LogP contribution >= 0.6 is 11.3 Å². The molecule has 5 aromatic rings. The maximum Gasteiger partial charge on any atom is 0.207 e. The first-order valence-electron chi connectivity index (χ1n) is 9.94. The highest BCUT2D eigenvalue weighted by atomic mass is 32.1. The van der Waals surface area contributed by atoms with Gasteiger partial charge in [0.05, 0.1) is 27.2 Å². The third kappa shape index (κ3) is 2.13. The van der Waals surface area contributed by atoms with E-state index in [1.165, 1.54) is 11.3 Å². The van der Waals surface area contributed by atoms with Gasteiger partial charge < -0.3 is 9.30 Å². The molecule has 146 valence electrons. The number of carbonyl (C=O) groups excluding carboxylic acids is 2. The Morgan fingerprint density at radius 3 is 2.58 bits per heavy atom. The van der Waals surface area contributed by atoms with Crippen molar-refractivity contribution in [2.24, 2.45) is 0 Å². The van der Waals surface area contributed by atoms with Crippen LogP contribution in [0.4, 0.5) is 0 Å². The van der Waals surface area contributed by atoms with Crippen molar-refractivity contribution in [3.8, 4) is 17.2 Å². The Bertz CT molecular complexity index is 1620. The van der Waals surface area contributed by atoms with E-state index in [0.29, 0.717) is 16.2 Å². The summed E-state index contributed by atoms with van der Waals surface area (Å²) in [6, 6.07) is 21.9. The molecule has 0 atom stereocenters. The minimum absolute atomic E-state index is 0.197. The van der Waals surface area contributed by atoms with Crippen molar-refractivity contribution in [3.05, 3.63) is 93.7 Å². The van der Waals surface area contributed by atoms with E-state index in [1.54, 1.807) is 17.5 Å². The van der Waals surface area contributed by atoms with Crippen molar-refractivity contribution in [1.29, 1.82) is 0 Å². The van der Waals surface area contributed by atoms with Gasteiger partial charge in [-0.25, -0.2) is 0 Å². The van der Waals surface area contributed by atoms with Gasteiger partial charge in [-0.05, 0) is 53.4 Å². The van der Waals surface area contributed by atoms with Crippen molar-refractivity contribution >= 4 is 50.8 Å². The molecule has 2 aliphatic rings. The Hall–Kier alpha value is -3.96. The summed E-state index contributed by atoms with van der Waals surface area (Å²) in [6.45, 7) is 0. The third-order valence-electron chi connectivity index (χ3n) is 6.00. The van der Waals surface area contributed by atoms with Gasteiger partial charge in [-0.2, -0.15) is 0 Å². The van der Waals surface area contributed by atoms with Gasteiger partial charge in [-0.1, -0.05) is 30.3 Å². The van der Waals surface area contributed by atoms with Crippen molar-refractivity contribution < 1.29 is 14.3 Å². The molecule has 0 N–H and O–H groups in total. The number of hydrogen-bond acceptors (Lipinski definition) is 4. The molecule has 2 aromatic heterocycles. The van der Waals surface area contributed by atoms with Crippen LogP contribution in [-0.4, -0.2) is 16.1 Å². The average Bonchev–Trinajstić information content (AvgIpc) is 3.46. The summed E-state index contributed by atoms with van der Waals surface area (Å²) in [6.07, 6.45) is 1.70. The average molecular weight is 419 g/mol. The van der Waals surface area contributed by atoms with Crippen molar-refractivity contribution in [3.63, 3.8) is 0 Å². The Balaban J connectivity index is 1.52. The molecule has 5 heteroatoms. The minimum atomic E-state index is -0.205. The summed E-state index contributed by atoms with van der Waals surface area (Å²) < 4.78 is 8.49. The van der Waals surface area contributed by atoms with E-state index in [4.69, 9.17) is 4.74 Å². The number of para-hydroxylation sites is 3. The second-order valence-corrected chi connectivity index (χ2v) is 8.63. The molecule has 0 spiro atoms. The molecular formula is C26H13NO3S. The number of Topliss-reactive ketones (excluding diaryl/α,β-unsaturated/α-hetero) is 2. The number of nitrogens with zero attached hydrogens (tertiary/aromatic N) is 1. The van der Waals surface area contributed by atoms with Gasteiger partial charge in [0.2, 0.25) is 5.78 Å². The van der Waals surface area contributed by atoms with Crippen LogP contribution in [0.5, 0.6) is 11.5 Å². The SMILES string of the molecule is O=C1/C(=C\c2cc3c4c(c2)c2ccccc2n4-c2ccccc2O3)C(=O)c2sccc21. The Kier molecular flexibility index (Phi) is 3.14. The number of thiophene rings is 1. The Labute approximate surface area is 180 Å². The van der Waals surface area contributed by atoms with Gasteiger partial charge in [0, 0.05) is 16.3 Å². The van der Waals surface area contributed by atoms with Crippen LogP contribution in [0.15, 0.2) is 77.7 Å². The number of fused-ring (bicyclic) bond motifs is 6. The molecule has 7 rings (SSSR count). The summed E-state index contributed by atoms with van der Waals surface area (Å²) in [5.74, 6) is 1.09. The molecule has 3 heterocycles. The lowest BCUT2D eigenvalue weighted by Crippen LogP contribution is -2.04. The van der Waals surface area contributed by atoms with Crippen molar-refractivity contribution in [2.45, 2.75) is 0 Å². The monoisotopic (exact) mass is 419 g/mol. The molecule has 1 aliphatic heterocycles. The molecule has 0 unspecified atom stereocenters. The molecule has 1 aliphatic carbocycles. The number of rotatable bonds is 1. The number of ketones is 2. The van der Waals surface area contributed by atoms with Crippen LogP contribution in [0, 0.1) is 0 Å². The van der Waals surface area contributed by atoms with E-state index in [2.05, 4.69) is 16.7 Å². The molecular weight excluding hydrogens is 406 g/mol. The van der Waals surface area contributed by atoms with Crippen LogP contribution in [0.2, 0.25) is 0 Å². The first-order chi connectivity index (χ1) is 15.2. The van der Waals surface area contributed by atoms with E-state index in [1.807, 2.05) is 48.5 Å². The summed E-state index contributed by atoms with van der Waals surface area (Å²) in [4.78, 5) is 26.1. The van der Waals surface area contributed by atoms with Gasteiger partial charge in [0.15, 0.2) is 17.3 Å². The second-order valence-electron chi connectivity index (χ2n) is 7.72. The van der Waals surface area contributed by atoms with E-state index in [0.717, 1.165) is 38.8 Å². The van der Waals surface area contributed by atoms with Crippen molar-refractivity contribution in [2.75, 3.05) is 0 Å². The van der Waals surface area contributed by atoms with E-state index < -0.39 is 0 Å². The maximum absolute atomic E-state index is 12.8. The summed E-state index contributed by atoms with van der Waals surface area (Å²) in [5.41, 5.74) is 4.58. The normalized spacial score (nSPS) is 15.5. The summed E-state index contributed by atoms with van der Waals surface area (Å²) >= 11 is 1.32. The fraction of sp³-hybridized carbons (Fsp3) is 0. The molecule has 0 saturated carbocycles. The van der Waals surface area contributed by atoms with E-state index in [-0.39, 0.29) is 17.1 Å². The van der Waals surface area contributed by atoms with E-state index >= 15 is 0 Å². The number of carbonyl (C=O) groups is 2. The molecule has 0 saturated heterocycles. The van der Waals surface area contributed by atoms with Gasteiger partial charge in [-0.15, -0.1) is 11.3 Å². The molecule has 4 nitrogen and oxygen atoms in total. The van der Waals surface area contributed by atoms with Gasteiger partial charge in [0.1, 0.15) is 0 Å². The number of allylic oxidation sites excluding steroid dienone is 1. The predicted molar refractivity (Wildman–Crippen MR) is 122 cm³/mol. The quantitative estimate of drug-likeness (QED) is 0.228. The van der Waals surface area contributed by atoms with Crippen LogP contribution < -0.4 is 4.74 Å². The highest BCUT2D eigenvalue weighted by molar-refractivity contribution is 7.13. The molecule has 0 amide bonds.